The van der Waals surface area contributed by atoms with Gasteiger partial charge in [0.15, 0.2) is 6.10 Å². The van der Waals surface area contributed by atoms with Crippen LogP contribution in [-0.4, -0.2) is 18.3 Å². The van der Waals surface area contributed by atoms with Crippen LogP contribution in [0.4, 0.5) is 0 Å². The summed E-state index contributed by atoms with van der Waals surface area (Å²) in [5, 5.41) is 3.42. The molecule has 128 valence electrons. The average Bonchev–Trinajstić information content (AvgIpc) is 2.67. The number of carbonyl (C=O) groups excluding carboxylic acids is 2. The lowest BCUT2D eigenvalue weighted by molar-refractivity contribution is -0.147. The number of rotatable bonds is 9. The lowest BCUT2D eigenvalue weighted by atomic mass is 10.00. The molecule has 6 nitrogen and oxygen atoms in total. The SMILES string of the molecule is [N-]=[N+]=NCCCCC(=O)OC(C(=O)c1ccccc1)c1ccccc1. The van der Waals surface area contributed by atoms with Gasteiger partial charge in [-0.3, -0.25) is 9.59 Å². The third kappa shape index (κ3) is 5.79. The first kappa shape index (κ1) is 18.2. The molecule has 0 aliphatic heterocycles. The summed E-state index contributed by atoms with van der Waals surface area (Å²) in [5.41, 5.74) is 9.35. The molecule has 6 heteroatoms. The largest absolute Gasteiger partial charge is 0.449 e. The predicted octanol–water partition coefficient (Wildman–Crippen LogP) is 4.63. The van der Waals surface area contributed by atoms with Gasteiger partial charge in [0.05, 0.1) is 0 Å². The van der Waals surface area contributed by atoms with Crippen molar-refractivity contribution in [3.05, 3.63) is 82.2 Å². The van der Waals surface area contributed by atoms with Gasteiger partial charge in [-0.15, -0.1) is 0 Å². The summed E-state index contributed by atoms with van der Waals surface area (Å²) >= 11 is 0. The minimum absolute atomic E-state index is 0.173. The van der Waals surface area contributed by atoms with Crippen molar-refractivity contribution < 1.29 is 14.3 Å². The zero-order valence-electron chi connectivity index (χ0n) is 13.7. The van der Waals surface area contributed by atoms with Crippen molar-refractivity contribution in [2.45, 2.75) is 25.4 Å². The van der Waals surface area contributed by atoms with Crippen LogP contribution in [0.3, 0.4) is 0 Å². The van der Waals surface area contributed by atoms with Crippen molar-refractivity contribution in [3.63, 3.8) is 0 Å². The van der Waals surface area contributed by atoms with Crippen LogP contribution in [0, 0.1) is 0 Å². The summed E-state index contributed by atoms with van der Waals surface area (Å²) in [7, 11) is 0. The molecule has 2 aromatic rings. The molecule has 25 heavy (non-hydrogen) atoms. The molecule has 0 saturated heterocycles. The van der Waals surface area contributed by atoms with E-state index in [1.54, 1.807) is 48.5 Å². The molecule has 0 heterocycles. The van der Waals surface area contributed by atoms with Gasteiger partial charge in [0.25, 0.3) is 0 Å². The first-order chi connectivity index (χ1) is 12.2. The first-order valence-corrected chi connectivity index (χ1v) is 8.07. The number of hydrogen-bond acceptors (Lipinski definition) is 4. The summed E-state index contributed by atoms with van der Waals surface area (Å²) in [4.78, 5) is 27.5. The standard InChI is InChI=1S/C19H19N3O3/c20-22-21-14-8-7-13-17(23)25-19(16-11-5-2-6-12-16)18(24)15-9-3-1-4-10-15/h1-6,9-12,19H,7-8,13-14H2. The zero-order valence-corrected chi connectivity index (χ0v) is 13.7. The summed E-state index contributed by atoms with van der Waals surface area (Å²) in [5.74, 6) is -0.701. The van der Waals surface area contributed by atoms with Crippen molar-refractivity contribution >= 4 is 11.8 Å². The van der Waals surface area contributed by atoms with E-state index in [-0.39, 0.29) is 12.2 Å². The Bertz CT molecular complexity index is 741. The fourth-order valence-corrected chi connectivity index (χ4v) is 2.34. The quantitative estimate of drug-likeness (QED) is 0.167. The lowest BCUT2D eigenvalue weighted by Crippen LogP contribution is -2.20. The van der Waals surface area contributed by atoms with Crippen LogP contribution in [0.2, 0.25) is 0 Å². The van der Waals surface area contributed by atoms with Gasteiger partial charge in [0, 0.05) is 29.0 Å². The molecule has 2 aromatic carbocycles. The van der Waals surface area contributed by atoms with Crippen LogP contribution >= 0.6 is 0 Å². The molecule has 0 amide bonds. The van der Waals surface area contributed by atoms with Crippen molar-refractivity contribution in [1.82, 2.24) is 0 Å². The van der Waals surface area contributed by atoms with E-state index < -0.39 is 12.1 Å². The van der Waals surface area contributed by atoms with Gasteiger partial charge in [-0.1, -0.05) is 65.8 Å². The Morgan fingerprint density at radius 1 is 1.00 bits per heavy atom. The third-order valence-corrected chi connectivity index (χ3v) is 3.60. The second-order valence-corrected chi connectivity index (χ2v) is 5.42. The Labute approximate surface area is 146 Å². The Morgan fingerprint density at radius 2 is 1.64 bits per heavy atom. The van der Waals surface area contributed by atoms with Crippen molar-refractivity contribution in [1.29, 1.82) is 0 Å². The maximum Gasteiger partial charge on any atom is 0.306 e. The molecule has 1 unspecified atom stereocenters. The highest BCUT2D eigenvalue weighted by atomic mass is 16.5. The monoisotopic (exact) mass is 337 g/mol. The minimum atomic E-state index is -0.965. The molecule has 0 saturated carbocycles. The lowest BCUT2D eigenvalue weighted by Gasteiger charge is -2.17. The van der Waals surface area contributed by atoms with Gasteiger partial charge in [-0.05, 0) is 18.4 Å². The average molecular weight is 337 g/mol. The fraction of sp³-hybridized carbons (Fsp3) is 0.263. The van der Waals surface area contributed by atoms with Gasteiger partial charge < -0.3 is 4.74 Å². The van der Waals surface area contributed by atoms with Crippen LogP contribution in [0.1, 0.15) is 41.3 Å². The van der Waals surface area contributed by atoms with E-state index >= 15 is 0 Å². The number of ketones is 1. The zero-order chi connectivity index (χ0) is 17.9. The van der Waals surface area contributed by atoms with Crippen LogP contribution in [0.25, 0.3) is 10.4 Å². The highest BCUT2D eigenvalue weighted by Gasteiger charge is 2.25. The van der Waals surface area contributed by atoms with Crippen LogP contribution in [0.5, 0.6) is 0 Å². The van der Waals surface area contributed by atoms with Gasteiger partial charge in [-0.2, -0.15) is 0 Å². The van der Waals surface area contributed by atoms with E-state index in [4.69, 9.17) is 10.3 Å². The van der Waals surface area contributed by atoms with Crippen LogP contribution in [-0.2, 0) is 9.53 Å². The molecule has 2 rings (SSSR count). The molecular weight excluding hydrogens is 318 g/mol. The minimum Gasteiger partial charge on any atom is -0.449 e. The Balaban J connectivity index is 2.06. The van der Waals surface area contributed by atoms with Crippen LogP contribution < -0.4 is 0 Å². The van der Waals surface area contributed by atoms with Crippen molar-refractivity contribution in [2.24, 2.45) is 5.11 Å². The van der Waals surface area contributed by atoms with Crippen LogP contribution in [0.15, 0.2) is 65.8 Å². The molecule has 1 atom stereocenters. The molecule has 0 aliphatic carbocycles. The number of benzene rings is 2. The van der Waals surface area contributed by atoms with E-state index in [9.17, 15) is 9.59 Å². The molecular formula is C19H19N3O3. The summed E-state index contributed by atoms with van der Waals surface area (Å²) in [6.07, 6.45) is 0.348. The topological polar surface area (TPSA) is 92.1 Å². The van der Waals surface area contributed by atoms with Gasteiger partial charge in [0.1, 0.15) is 0 Å². The maximum absolute atomic E-state index is 12.8. The Hall–Kier alpha value is -3.11. The summed E-state index contributed by atoms with van der Waals surface area (Å²) in [6, 6.07) is 17.7. The molecule has 0 aromatic heterocycles. The smallest absolute Gasteiger partial charge is 0.306 e. The molecule has 0 spiro atoms. The third-order valence-electron chi connectivity index (χ3n) is 3.60. The van der Waals surface area contributed by atoms with E-state index in [0.717, 1.165) is 0 Å². The fourth-order valence-electron chi connectivity index (χ4n) is 2.34. The van der Waals surface area contributed by atoms with E-state index in [0.29, 0.717) is 30.5 Å². The Kier molecular flexibility index (Phi) is 7.22. The number of nitrogens with zero attached hydrogens (tertiary/aromatic N) is 3. The highest BCUT2D eigenvalue weighted by Crippen LogP contribution is 2.23. The second-order valence-electron chi connectivity index (χ2n) is 5.42. The normalized spacial score (nSPS) is 11.2. The van der Waals surface area contributed by atoms with Crippen molar-refractivity contribution in [3.8, 4) is 0 Å². The number of azide groups is 1. The number of ether oxygens (including phenoxy) is 1. The number of hydrogen-bond donors (Lipinski definition) is 0. The highest BCUT2D eigenvalue weighted by molar-refractivity contribution is 6.00. The molecule has 0 radical (unpaired) electrons. The van der Waals surface area contributed by atoms with E-state index in [1.165, 1.54) is 0 Å². The molecule has 0 aliphatic rings. The van der Waals surface area contributed by atoms with E-state index in [2.05, 4.69) is 10.0 Å². The number of carbonyl (C=O) groups is 2. The Morgan fingerprint density at radius 3 is 2.28 bits per heavy atom. The van der Waals surface area contributed by atoms with Gasteiger partial charge in [0.2, 0.25) is 5.78 Å². The molecule has 0 fully saturated rings. The first-order valence-electron chi connectivity index (χ1n) is 8.07. The second kappa shape index (κ2) is 9.90. The summed E-state index contributed by atoms with van der Waals surface area (Å²) < 4.78 is 5.47. The van der Waals surface area contributed by atoms with Gasteiger partial charge in [-0.25, -0.2) is 0 Å². The van der Waals surface area contributed by atoms with Crippen molar-refractivity contribution in [2.75, 3.05) is 6.54 Å². The predicted molar refractivity (Wildman–Crippen MR) is 93.9 cm³/mol. The van der Waals surface area contributed by atoms with E-state index in [1.807, 2.05) is 12.1 Å². The van der Waals surface area contributed by atoms with Gasteiger partial charge >= 0.3 is 5.97 Å². The number of esters is 1. The maximum atomic E-state index is 12.8. The molecule has 0 N–H and O–H groups in total. The number of unbranched alkanes of at least 4 members (excludes halogenated alkanes) is 1. The number of Topliss-reactive ketones (excluding diaryl/α,β-unsaturated/α-hetero) is 1. The summed E-state index contributed by atoms with van der Waals surface area (Å²) in [6.45, 7) is 0.342. The molecule has 0 bridgehead atoms.